The molecule has 1 amide bonds. The first-order chi connectivity index (χ1) is 8.42. The van der Waals surface area contributed by atoms with Crippen LogP contribution in [0.5, 0.6) is 0 Å². The van der Waals surface area contributed by atoms with Crippen LogP contribution in [0, 0.1) is 17.3 Å². The molecule has 1 fully saturated rings. The number of alkyl halides is 1. The number of amides is 1. The summed E-state index contributed by atoms with van der Waals surface area (Å²) in [6.07, 6.45) is 5.51. The summed E-state index contributed by atoms with van der Waals surface area (Å²) < 4.78 is 0. The maximum Gasteiger partial charge on any atom is 0.223 e. The standard InChI is InChI=1S/C15H28ClNO/c1-5-11(6-2)13(16)10-17-14(18)12-8-7-9-15(12,3)4/h11-13H,5-10H2,1-4H3,(H,17,18). The maximum atomic E-state index is 12.2. The molecule has 0 spiro atoms. The molecule has 0 aliphatic heterocycles. The Hall–Kier alpha value is -0.240. The lowest BCUT2D eigenvalue weighted by Crippen LogP contribution is -2.40. The maximum absolute atomic E-state index is 12.2. The van der Waals surface area contributed by atoms with Gasteiger partial charge in [0, 0.05) is 12.5 Å². The van der Waals surface area contributed by atoms with Crippen LogP contribution in [0.4, 0.5) is 0 Å². The molecule has 0 heterocycles. The van der Waals surface area contributed by atoms with Crippen LogP contribution < -0.4 is 5.32 Å². The third-order valence-corrected chi connectivity index (χ3v) is 5.12. The number of nitrogens with one attached hydrogen (secondary N) is 1. The normalized spacial score (nSPS) is 24.2. The summed E-state index contributed by atoms with van der Waals surface area (Å²) >= 11 is 6.35. The van der Waals surface area contributed by atoms with Crippen LogP contribution in [-0.2, 0) is 4.79 Å². The minimum Gasteiger partial charge on any atom is -0.354 e. The Balaban J connectivity index is 2.41. The van der Waals surface area contributed by atoms with E-state index in [9.17, 15) is 4.79 Å². The van der Waals surface area contributed by atoms with Crippen molar-refractivity contribution in [1.82, 2.24) is 5.32 Å². The van der Waals surface area contributed by atoms with Gasteiger partial charge in [-0.2, -0.15) is 0 Å². The topological polar surface area (TPSA) is 29.1 Å². The van der Waals surface area contributed by atoms with E-state index in [4.69, 9.17) is 11.6 Å². The second-order valence-corrected chi connectivity index (χ2v) is 6.83. The van der Waals surface area contributed by atoms with E-state index in [1.165, 1.54) is 6.42 Å². The highest BCUT2D eigenvalue weighted by molar-refractivity contribution is 6.21. The summed E-state index contributed by atoms with van der Waals surface area (Å²) in [7, 11) is 0. The molecular weight excluding hydrogens is 246 g/mol. The second-order valence-electron chi connectivity index (χ2n) is 6.27. The lowest BCUT2D eigenvalue weighted by Gasteiger charge is -2.27. The van der Waals surface area contributed by atoms with Crippen molar-refractivity contribution in [2.75, 3.05) is 6.54 Å². The van der Waals surface area contributed by atoms with Crippen molar-refractivity contribution in [3.63, 3.8) is 0 Å². The predicted octanol–water partition coefficient (Wildman–Crippen LogP) is 3.97. The summed E-state index contributed by atoms with van der Waals surface area (Å²) in [5.74, 6) is 0.876. The number of carbonyl (C=O) groups excluding carboxylic acids is 1. The van der Waals surface area contributed by atoms with Gasteiger partial charge in [-0.25, -0.2) is 0 Å². The smallest absolute Gasteiger partial charge is 0.223 e. The number of hydrogen-bond donors (Lipinski definition) is 1. The monoisotopic (exact) mass is 273 g/mol. The number of hydrogen-bond acceptors (Lipinski definition) is 1. The van der Waals surface area contributed by atoms with Crippen LogP contribution in [0.2, 0.25) is 0 Å². The van der Waals surface area contributed by atoms with Crippen LogP contribution in [0.25, 0.3) is 0 Å². The molecule has 0 bridgehead atoms. The van der Waals surface area contributed by atoms with E-state index < -0.39 is 0 Å². The van der Waals surface area contributed by atoms with E-state index >= 15 is 0 Å². The third kappa shape index (κ3) is 3.88. The summed E-state index contributed by atoms with van der Waals surface area (Å²) in [6.45, 7) is 9.32. The van der Waals surface area contributed by atoms with Crippen molar-refractivity contribution in [3.8, 4) is 0 Å². The molecule has 18 heavy (non-hydrogen) atoms. The Morgan fingerprint density at radius 1 is 1.39 bits per heavy atom. The molecule has 0 aromatic heterocycles. The summed E-state index contributed by atoms with van der Waals surface area (Å²) in [5, 5.41) is 3.12. The highest BCUT2D eigenvalue weighted by Crippen LogP contribution is 2.42. The van der Waals surface area contributed by atoms with Gasteiger partial charge < -0.3 is 5.32 Å². The van der Waals surface area contributed by atoms with Gasteiger partial charge in [0.05, 0.1) is 5.38 Å². The van der Waals surface area contributed by atoms with E-state index in [1.807, 2.05) is 0 Å². The molecule has 0 radical (unpaired) electrons. The Morgan fingerprint density at radius 2 is 2.00 bits per heavy atom. The SMILES string of the molecule is CCC(CC)C(Cl)CNC(=O)C1CCCC1(C)C. The zero-order valence-corrected chi connectivity index (χ0v) is 13.0. The van der Waals surface area contributed by atoms with Gasteiger partial charge in [-0.1, -0.05) is 47.0 Å². The van der Waals surface area contributed by atoms with Gasteiger partial charge in [-0.15, -0.1) is 11.6 Å². The molecule has 1 aliphatic carbocycles. The van der Waals surface area contributed by atoms with E-state index in [0.717, 1.165) is 25.7 Å². The van der Waals surface area contributed by atoms with E-state index in [-0.39, 0.29) is 22.6 Å². The number of halogens is 1. The van der Waals surface area contributed by atoms with Crippen molar-refractivity contribution < 1.29 is 4.79 Å². The summed E-state index contributed by atoms with van der Waals surface area (Å²) in [6, 6.07) is 0. The van der Waals surface area contributed by atoms with Crippen LogP contribution in [-0.4, -0.2) is 17.8 Å². The van der Waals surface area contributed by atoms with Gasteiger partial charge >= 0.3 is 0 Å². The van der Waals surface area contributed by atoms with Crippen LogP contribution in [0.1, 0.15) is 59.8 Å². The molecule has 2 nitrogen and oxygen atoms in total. The van der Waals surface area contributed by atoms with Gasteiger partial charge in [-0.3, -0.25) is 4.79 Å². The van der Waals surface area contributed by atoms with Gasteiger partial charge in [0.15, 0.2) is 0 Å². The Bertz CT molecular complexity index is 274. The van der Waals surface area contributed by atoms with Crippen LogP contribution in [0.3, 0.4) is 0 Å². The first kappa shape index (κ1) is 15.8. The van der Waals surface area contributed by atoms with Crippen molar-refractivity contribution in [3.05, 3.63) is 0 Å². The summed E-state index contributed by atoms with van der Waals surface area (Å²) in [5.41, 5.74) is 0.154. The van der Waals surface area contributed by atoms with E-state index in [1.54, 1.807) is 0 Å². The van der Waals surface area contributed by atoms with E-state index in [0.29, 0.717) is 12.5 Å². The Kier molecular flexibility index (Phi) is 5.97. The lowest BCUT2D eigenvalue weighted by molar-refractivity contribution is -0.127. The first-order valence-corrected chi connectivity index (χ1v) is 7.77. The predicted molar refractivity (Wildman–Crippen MR) is 77.8 cm³/mol. The molecule has 1 N–H and O–H groups in total. The van der Waals surface area contributed by atoms with Gasteiger partial charge in [0.1, 0.15) is 0 Å². The molecule has 0 saturated heterocycles. The largest absolute Gasteiger partial charge is 0.354 e. The molecule has 1 aliphatic rings. The zero-order chi connectivity index (χ0) is 13.8. The Morgan fingerprint density at radius 3 is 2.44 bits per heavy atom. The molecule has 1 rings (SSSR count). The molecule has 106 valence electrons. The molecule has 0 aromatic carbocycles. The Labute approximate surface area is 117 Å². The fourth-order valence-electron chi connectivity index (χ4n) is 3.10. The summed E-state index contributed by atoms with van der Waals surface area (Å²) in [4.78, 5) is 12.2. The molecule has 0 aromatic rings. The molecular formula is C15H28ClNO. The minimum atomic E-state index is 0.0634. The van der Waals surface area contributed by atoms with Crippen molar-refractivity contribution in [2.45, 2.75) is 65.2 Å². The number of carbonyl (C=O) groups is 1. The van der Waals surface area contributed by atoms with Crippen LogP contribution in [0.15, 0.2) is 0 Å². The average Bonchev–Trinajstić information content (AvgIpc) is 2.67. The fourth-order valence-corrected chi connectivity index (χ4v) is 3.53. The average molecular weight is 274 g/mol. The highest BCUT2D eigenvalue weighted by atomic mass is 35.5. The molecule has 2 unspecified atom stereocenters. The fraction of sp³-hybridized carbons (Fsp3) is 0.933. The third-order valence-electron chi connectivity index (χ3n) is 4.61. The van der Waals surface area contributed by atoms with Gasteiger partial charge in [0.25, 0.3) is 0 Å². The highest BCUT2D eigenvalue weighted by Gasteiger charge is 2.39. The lowest BCUT2D eigenvalue weighted by atomic mass is 9.81. The molecule has 2 atom stereocenters. The first-order valence-electron chi connectivity index (χ1n) is 7.34. The van der Waals surface area contributed by atoms with E-state index in [2.05, 4.69) is 33.0 Å². The quantitative estimate of drug-likeness (QED) is 0.729. The molecule has 3 heteroatoms. The van der Waals surface area contributed by atoms with Crippen LogP contribution >= 0.6 is 11.6 Å². The zero-order valence-electron chi connectivity index (χ0n) is 12.3. The second kappa shape index (κ2) is 6.79. The van der Waals surface area contributed by atoms with Gasteiger partial charge in [-0.05, 0) is 24.2 Å². The minimum absolute atomic E-state index is 0.0634. The number of rotatable bonds is 6. The van der Waals surface area contributed by atoms with Crippen molar-refractivity contribution in [2.24, 2.45) is 17.3 Å². The van der Waals surface area contributed by atoms with Gasteiger partial charge in [0.2, 0.25) is 5.91 Å². The molecule has 1 saturated carbocycles. The van der Waals surface area contributed by atoms with Crippen molar-refractivity contribution in [1.29, 1.82) is 0 Å². The van der Waals surface area contributed by atoms with Crippen molar-refractivity contribution >= 4 is 17.5 Å².